The van der Waals surface area contributed by atoms with Crippen molar-refractivity contribution in [1.82, 2.24) is 0 Å². The van der Waals surface area contributed by atoms with Crippen LogP contribution in [-0.4, -0.2) is 5.78 Å². The van der Waals surface area contributed by atoms with Crippen LogP contribution in [0.3, 0.4) is 0 Å². The van der Waals surface area contributed by atoms with Gasteiger partial charge in [-0.1, -0.05) is 6.07 Å². The Morgan fingerprint density at radius 1 is 1.17 bits per heavy atom. The highest BCUT2D eigenvalue weighted by Gasteiger charge is 2.17. The van der Waals surface area contributed by atoms with Crippen molar-refractivity contribution in [3.8, 4) is 11.8 Å². The summed E-state index contributed by atoms with van der Waals surface area (Å²) in [5.74, 6) is 0.0101. The lowest BCUT2D eigenvalue weighted by molar-refractivity contribution is 0.104. The van der Waals surface area contributed by atoms with Gasteiger partial charge in [0.25, 0.3) is 0 Å². The predicted octanol–water partition coefficient (Wildman–Crippen LogP) is 3.40. The van der Waals surface area contributed by atoms with Gasteiger partial charge in [-0.15, -0.1) is 11.3 Å². The number of Topliss-reactive ketones (excluding diaryl/α,β-unsaturated/α-hetero) is 1. The van der Waals surface area contributed by atoms with Crippen LogP contribution in [0.15, 0.2) is 29.6 Å². The highest BCUT2D eigenvalue weighted by molar-refractivity contribution is 7.10. The number of benzene rings is 1. The Labute approximate surface area is 105 Å². The maximum absolute atomic E-state index is 13.3. The molecule has 0 radical (unpaired) electrons. The molecule has 2 aromatic rings. The largest absolute Gasteiger partial charge is 0.279 e. The van der Waals surface area contributed by atoms with Gasteiger partial charge in [0.2, 0.25) is 5.78 Å². The van der Waals surface area contributed by atoms with Gasteiger partial charge in [-0.3, -0.25) is 4.79 Å². The molecule has 0 amide bonds. The Balaban J connectivity index is 2.35. The van der Waals surface area contributed by atoms with Gasteiger partial charge in [0, 0.05) is 12.1 Å². The van der Waals surface area contributed by atoms with E-state index in [4.69, 9.17) is 0 Å². The van der Waals surface area contributed by atoms with Crippen LogP contribution in [0.5, 0.6) is 0 Å². The molecule has 1 nitrogen and oxygen atoms in total. The Kier molecular flexibility index (Phi) is 3.49. The normalized spacial score (nSPS) is 9.72. The molecule has 0 fully saturated rings. The second-order valence-corrected chi connectivity index (χ2v) is 4.25. The molecule has 0 aliphatic carbocycles. The Morgan fingerprint density at radius 2 is 1.83 bits per heavy atom. The third kappa shape index (κ3) is 2.60. The van der Waals surface area contributed by atoms with Crippen molar-refractivity contribution in [2.24, 2.45) is 0 Å². The van der Waals surface area contributed by atoms with Gasteiger partial charge in [-0.05, 0) is 23.3 Å². The van der Waals surface area contributed by atoms with E-state index in [0.717, 1.165) is 0 Å². The summed E-state index contributed by atoms with van der Waals surface area (Å²) < 4.78 is 39.2. The van der Waals surface area contributed by atoms with Crippen molar-refractivity contribution in [1.29, 1.82) is 0 Å². The maximum Gasteiger partial charge on any atom is 0.242 e. The first kappa shape index (κ1) is 12.4. The van der Waals surface area contributed by atoms with E-state index in [1.54, 1.807) is 17.5 Å². The van der Waals surface area contributed by atoms with Gasteiger partial charge < -0.3 is 0 Å². The summed E-state index contributed by atoms with van der Waals surface area (Å²) in [6.07, 6.45) is 0. The quantitative estimate of drug-likeness (QED) is 0.571. The second-order valence-electron chi connectivity index (χ2n) is 3.30. The average molecular weight is 266 g/mol. The molecule has 1 aromatic heterocycles. The number of halogens is 3. The van der Waals surface area contributed by atoms with E-state index < -0.39 is 28.8 Å². The minimum atomic E-state index is -1.25. The van der Waals surface area contributed by atoms with E-state index in [1.165, 1.54) is 11.3 Å². The fraction of sp³-hybridized carbons (Fsp3) is 0. The zero-order valence-corrected chi connectivity index (χ0v) is 9.65. The Hall–Kier alpha value is -2.06. The molecule has 18 heavy (non-hydrogen) atoms. The monoisotopic (exact) mass is 266 g/mol. The average Bonchev–Trinajstić information content (AvgIpc) is 2.77. The number of carbonyl (C=O) groups excluding carboxylic acids is 1. The van der Waals surface area contributed by atoms with Crippen molar-refractivity contribution in [2.45, 2.75) is 0 Å². The molecule has 0 N–H and O–H groups in total. The summed E-state index contributed by atoms with van der Waals surface area (Å²) >= 11 is 1.30. The van der Waals surface area contributed by atoms with Crippen LogP contribution in [0.25, 0.3) is 0 Å². The minimum Gasteiger partial charge on any atom is -0.279 e. The van der Waals surface area contributed by atoms with Crippen LogP contribution < -0.4 is 0 Å². The molecule has 0 saturated carbocycles. The molecule has 0 aliphatic heterocycles. The van der Waals surface area contributed by atoms with E-state index in [-0.39, 0.29) is 0 Å². The Morgan fingerprint density at radius 3 is 2.39 bits per heavy atom. The van der Waals surface area contributed by atoms with Crippen LogP contribution >= 0.6 is 11.3 Å². The van der Waals surface area contributed by atoms with Crippen molar-refractivity contribution >= 4 is 17.1 Å². The van der Waals surface area contributed by atoms with Gasteiger partial charge in [-0.25, -0.2) is 13.2 Å². The molecule has 2 rings (SSSR count). The number of carbonyl (C=O) groups is 1. The van der Waals surface area contributed by atoms with E-state index >= 15 is 0 Å². The van der Waals surface area contributed by atoms with E-state index in [9.17, 15) is 18.0 Å². The topological polar surface area (TPSA) is 17.1 Å². The number of hydrogen-bond acceptors (Lipinski definition) is 2. The fourth-order valence-corrected chi connectivity index (χ4v) is 1.86. The molecule has 0 bridgehead atoms. The van der Waals surface area contributed by atoms with Crippen molar-refractivity contribution in [3.05, 3.63) is 57.5 Å². The van der Waals surface area contributed by atoms with Gasteiger partial charge in [0.1, 0.15) is 23.0 Å². The van der Waals surface area contributed by atoms with Gasteiger partial charge >= 0.3 is 0 Å². The molecular weight excluding hydrogens is 261 g/mol. The first-order valence-corrected chi connectivity index (χ1v) is 5.70. The first-order chi connectivity index (χ1) is 8.58. The molecule has 0 aliphatic rings. The summed E-state index contributed by atoms with van der Waals surface area (Å²) in [6, 6.07) is 4.30. The summed E-state index contributed by atoms with van der Waals surface area (Å²) in [7, 11) is 0. The standard InChI is InChI=1S/C13H5F3OS/c14-8-6-10(15)13(11(16)7-8)12(17)4-3-9-2-1-5-18-9/h1-2,5-7H. The van der Waals surface area contributed by atoms with Crippen molar-refractivity contribution in [3.63, 3.8) is 0 Å². The maximum atomic E-state index is 13.3. The molecule has 1 aromatic carbocycles. The lowest BCUT2D eigenvalue weighted by Gasteiger charge is -1.99. The molecule has 5 heteroatoms. The smallest absolute Gasteiger partial charge is 0.242 e. The van der Waals surface area contributed by atoms with Crippen LogP contribution in [0, 0.1) is 29.3 Å². The van der Waals surface area contributed by atoms with Crippen LogP contribution in [0.4, 0.5) is 13.2 Å². The minimum absolute atomic E-state index is 0.448. The lowest BCUT2D eigenvalue weighted by Crippen LogP contribution is -2.04. The van der Waals surface area contributed by atoms with E-state index in [1.807, 2.05) is 0 Å². The number of hydrogen-bond donors (Lipinski definition) is 0. The second kappa shape index (κ2) is 5.07. The van der Waals surface area contributed by atoms with Crippen LogP contribution in [0.2, 0.25) is 0 Å². The van der Waals surface area contributed by atoms with Crippen LogP contribution in [0.1, 0.15) is 15.2 Å². The fourth-order valence-electron chi connectivity index (χ4n) is 1.29. The number of ketones is 1. The van der Waals surface area contributed by atoms with Gasteiger partial charge in [-0.2, -0.15) is 0 Å². The molecule has 0 unspecified atom stereocenters. The van der Waals surface area contributed by atoms with E-state index in [0.29, 0.717) is 17.0 Å². The molecule has 0 atom stereocenters. The molecular formula is C13H5F3OS. The molecule has 90 valence electrons. The number of thiophene rings is 1. The predicted molar refractivity (Wildman–Crippen MR) is 61.8 cm³/mol. The highest BCUT2D eigenvalue weighted by Crippen LogP contribution is 2.15. The summed E-state index contributed by atoms with van der Waals surface area (Å²) in [4.78, 5) is 12.1. The van der Waals surface area contributed by atoms with Crippen LogP contribution in [-0.2, 0) is 0 Å². The Bertz CT molecular complexity index is 628. The summed E-state index contributed by atoms with van der Waals surface area (Å²) in [5.41, 5.74) is -0.833. The van der Waals surface area contributed by atoms with E-state index in [2.05, 4.69) is 11.8 Å². The van der Waals surface area contributed by atoms with Gasteiger partial charge in [0.05, 0.1) is 4.88 Å². The molecule has 1 heterocycles. The lowest BCUT2D eigenvalue weighted by atomic mass is 10.1. The van der Waals surface area contributed by atoms with Gasteiger partial charge in [0.15, 0.2) is 0 Å². The highest BCUT2D eigenvalue weighted by atomic mass is 32.1. The van der Waals surface area contributed by atoms with Crippen molar-refractivity contribution < 1.29 is 18.0 Å². The third-order valence-corrected chi connectivity index (χ3v) is 2.84. The third-order valence-electron chi connectivity index (χ3n) is 2.05. The van der Waals surface area contributed by atoms with Crippen molar-refractivity contribution in [2.75, 3.05) is 0 Å². The first-order valence-electron chi connectivity index (χ1n) is 4.82. The summed E-state index contributed by atoms with van der Waals surface area (Å²) in [5, 5.41) is 1.76. The zero-order valence-electron chi connectivity index (χ0n) is 8.84. The SMILES string of the molecule is O=C(C#Cc1cccs1)c1c(F)cc(F)cc1F. The zero-order chi connectivity index (χ0) is 13.1. The number of rotatable bonds is 1. The molecule has 0 spiro atoms. The summed E-state index contributed by atoms with van der Waals surface area (Å²) in [6.45, 7) is 0. The molecule has 0 saturated heterocycles.